The third-order valence-corrected chi connectivity index (χ3v) is 5.44. The second-order valence-electron chi connectivity index (χ2n) is 6.23. The summed E-state index contributed by atoms with van der Waals surface area (Å²) in [4.78, 5) is 2.74. The first-order valence-electron chi connectivity index (χ1n) is 7.08. The van der Waals surface area contributed by atoms with Gasteiger partial charge in [0.05, 0.1) is 6.10 Å². The number of rotatable bonds is 2. The molecule has 0 atom stereocenters. The van der Waals surface area contributed by atoms with Crippen LogP contribution in [0.1, 0.15) is 51.4 Å². The molecule has 1 aliphatic heterocycles. The van der Waals surface area contributed by atoms with Gasteiger partial charge in [0.25, 0.3) is 0 Å². The number of methoxy groups -OCH3 is 1. The molecule has 2 heteroatoms. The van der Waals surface area contributed by atoms with Crippen LogP contribution < -0.4 is 0 Å². The lowest BCUT2D eigenvalue weighted by atomic mass is 9.75. The van der Waals surface area contributed by atoms with Crippen molar-refractivity contribution in [2.24, 2.45) is 5.41 Å². The molecule has 0 bridgehead atoms. The van der Waals surface area contributed by atoms with Crippen molar-refractivity contribution < 1.29 is 4.74 Å². The lowest BCUT2D eigenvalue weighted by Crippen LogP contribution is -2.52. The van der Waals surface area contributed by atoms with Gasteiger partial charge in [-0.1, -0.05) is 12.8 Å². The molecular weight excluding hydrogens is 198 g/mol. The van der Waals surface area contributed by atoms with Crippen molar-refractivity contribution in [2.45, 2.75) is 63.5 Å². The normalized spacial score (nSPS) is 38.8. The van der Waals surface area contributed by atoms with Crippen LogP contribution in [0.2, 0.25) is 0 Å². The second kappa shape index (κ2) is 4.30. The first kappa shape index (κ1) is 11.0. The van der Waals surface area contributed by atoms with E-state index < -0.39 is 0 Å². The summed E-state index contributed by atoms with van der Waals surface area (Å²) in [5.41, 5.74) is 0.779. The molecule has 1 spiro atoms. The fraction of sp³-hybridized carbons (Fsp3) is 1.00. The maximum Gasteiger partial charge on any atom is 0.0601 e. The van der Waals surface area contributed by atoms with Crippen molar-refractivity contribution in [3.8, 4) is 0 Å². The highest BCUT2D eigenvalue weighted by molar-refractivity contribution is 4.95. The highest BCUT2D eigenvalue weighted by Crippen LogP contribution is 2.47. The zero-order chi connectivity index (χ0) is 11.0. The Kier molecular flexibility index (Phi) is 2.97. The molecule has 0 amide bonds. The number of hydrogen-bond acceptors (Lipinski definition) is 2. The predicted octanol–water partition coefficient (Wildman–Crippen LogP) is 2.82. The van der Waals surface area contributed by atoms with Crippen LogP contribution in [0.5, 0.6) is 0 Å². The van der Waals surface area contributed by atoms with E-state index in [1.807, 2.05) is 7.11 Å². The first-order chi connectivity index (χ1) is 7.81. The minimum absolute atomic E-state index is 0.562. The number of likely N-dealkylation sites (tertiary alicyclic amines) is 1. The van der Waals surface area contributed by atoms with Crippen molar-refractivity contribution in [3.63, 3.8) is 0 Å². The molecule has 0 N–H and O–H groups in total. The van der Waals surface area contributed by atoms with Crippen LogP contribution in [-0.4, -0.2) is 37.2 Å². The van der Waals surface area contributed by atoms with Gasteiger partial charge in [-0.2, -0.15) is 0 Å². The Morgan fingerprint density at radius 3 is 2.19 bits per heavy atom. The molecule has 92 valence electrons. The predicted molar refractivity (Wildman–Crippen MR) is 65.5 cm³/mol. The van der Waals surface area contributed by atoms with Gasteiger partial charge >= 0.3 is 0 Å². The summed E-state index contributed by atoms with van der Waals surface area (Å²) in [7, 11) is 1.85. The molecule has 0 radical (unpaired) electrons. The Hall–Kier alpha value is -0.0800. The summed E-state index contributed by atoms with van der Waals surface area (Å²) in [6, 6.07) is 0.851. The topological polar surface area (TPSA) is 12.5 Å². The summed E-state index contributed by atoms with van der Waals surface area (Å²) >= 11 is 0. The molecular formula is C14H25NO. The average Bonchev–Trinajstić information content (AvgIpc) is 2.68. The van der Waals surface area contributed by atoms with Crippen molar-refractivity contribution in [1.29, 1.82) is 0 Å². The second-order valence-corrected chi connectivity index (χ2v) is 6.23. The van der Waals surface area contributed by atoms with Gasteiger partial charge in [-0.25, -0.2) is 0 Å². The fourth-order valence-corrected chi connectivity index (χ4v) is 4.02. The van der Waals surface area contributed by atoms with E-state index in [1.54, 1.807) is 0 Å². The standard InChI is InChI=1S/C14H25NO/c1-16-13-10-12(11-13)15-8-6-14(7-9-15)4-2-3-5-14/h12-13H,2-11H2,1H3. The third-order valence-electron chi connectivity index (χ3n) is 5.44. The van der Waals surface area contributed by atoms with Crippen molar-refractivity contribution >= 4 is 0 Å². The van der Waals surface area contributed by atoms with Crippen LogP contribution in [0.4, 0.5) is 0 Å². The summed E-state index contributed by atoms with van der Waals surface area (Å²) in [6.07, 6.45) is 12.1. The summed E-state index contributed by atoms with van der Waals surface area (Å²) < 4.78 is 5.37. The van der Waals surface area contributed by atoms with Gasteiger partial charge in [0.2, 0.25) is 0 Å². The van der Waals surface area contributed by atoms with Crippen LogP contribution in [-0.2, 0) is 4.74 Å². The molecule has 16 heavy (non-hydrogen) atoms. The van der Waals surface area contributed by atoms with Gasteiger partial charge in [0.1, 0.15) is 0 Å². The number of piperidine rings is 1. The summed E-state index contributed by atoms with van der Waals surface area (Å²) in [6.45, 7) is 2.72. The van der Waals surface area contributed by atoms with Crippen molar-refractivity contribution in [2.75, 3.05) is 20.2 Å². The Morgan fingerprint density at radius 1 is 1.00 bits per heavy atom. The molecule has 2 saturated carbocycles. The molecule has 0 unspecified atom stereocenters. The average molecular weight is 223 g/mol. The smallest absolute Gasteiger partial charge is 0.0601 e. The van der Waals surface area contributed by atoms with Gasteiger partial charge in [-0.05, 0) is 57.0 Å². The van der Waals surface area contributed by atoms with E-state index in [2.05, 4.69) is 4.90 Å². The van der Waals surface area contributed by atoms with Gasteiger partial charge in [0.15, 0.2) is 0 Å². The monoisotopic (exact) mass is 223 g/mol. The zero-order valence-electron chi connectivity index (χ0n) is 10.6. The SMILES string of the molecule is COC1CC(N2CCC3(CCCC3)CC2)C1. The maximum atomic E-state index is 5.37. The molecule has 0 aromatic heterocycles. The minimum Gasteiger partial charge on any atom is -0.381 e. The van der Waals surface area contributed by atoms with E-state index in [9.17, 15) is 0 Å². The quantitative estimate of drug-likeness (QED) is 0.714. The summed E-state index contributed by atoms with van der Waals surface area (Å²) in [5, 5.41) is 0. The van der Waals surface area contributed by atoms with E-state index in [1.165, 1.54) is 64.5 Å². The Morgan fingerprint density at radius 2 is 1.62 bits per heavy atom. The lowest BCUT2D eigenvalue weighted by Gasteiger charge is -2.47. The van der Waals surface area contributed by atoms with Crippen LogP contribution in [0.25, 0.3) is 0 Å². The zero-order valence-corrected chi connectivity index (χ0v) is 10.6. The van der Waals surface area contributed by atoms with Gasteiger partial charge < -0.3 is 9.64 Å². The minimum atomic E-state index is 0.562. The largest absolute Gasteiger partial charge is 0.381 e. The number of ether oxygens (including phenoxy) is 1. The van der Waals surface area contributed by atoms with Gasteiger partial charge in [-0.3, -0.25) is 0 Å². The van der Waals surface area contributed by atoms with Gasteiger partial charge in [0, 0.05) is 13.2 Å². The highest BCUT2D eigenvalue weighted by Gasteiger charge is 2.41. The molecule has 1 heterocycles. The molecule has 3 rings (SSSR count). The highest BCUT2D eigenvalue weighted by atomic mass is 16.5. The molecule has 2 aliphatic carbocycles. The van der Waals surface area contributed by atoms with Crippen LogP contribution in [0, 0.1) is 5.41 Å². The van der Waals surface area contributed by atoms with E-state index in [-0.39, 0.29) is 0 Å². The summed E-state index contributed by atoms with van der Waals surface area (Å²) in [5.74, 6) is 0. The molecule has 0 aromatic rings. The van der Waals surface area contributed by atoms with Crippen LogP contribution in [0.3, 0.4) is 0 Å². The van der Waals surface area contributed by atoms with Crippen LogP contribution in [0.15, 0.2) is 0 Å². The Bertz CT molecular complexity index is 231. The van der Waals surface area contributed by atoms with Crippen molar-refractivity contribution in [3.05, 3.63) is 0 Å². The number of nitrogens with zero attached hydrogens (tertiary/aromatic N) is 1. The van der Waals surface area contributed by atoms with Crippen molar-refractivity contribution in [1.82, 2.24) is 4.90 Å². The fourth-order valence-electron chi connectivity index (χ4n) is 4.02. The third kappa shape index (κ3) is 1.91. The Balaban J connectivity index is 1.48. The van der Waals surface area contributed by atoms with Crippen LogP contribution >= 0.6 is 0 Å². The van der Waals surface area contributed by atoms with E-state index >= 15 is 0 Å². The van der Waals surface area contributed by atoms with E-state index in [0.29, 0.717) is 6.10 Å². The number of hydrogen-bond donors (Lipinski definition) is 0. The molecule has 3 fully saturated rings. The van der Waals surface area contributed by atoms with E-state index in [0.717, 1.165) is 11.5 Å². The Labute approximate surface area is 99.3 Å². The lowest BCUT2D eigenvalue weighted by molar-refractivity contribution is -0.0447. The maximum absolute atomic E-state index is 5.37. The molecule has 2 nitrogen and oxygen atoms in total. The molecule has 0 aromatic carbocycles. The molecule has 1 saturated heterocycles. The van der Waals surface area contributed by atoms with E-state index in [4.69, 9.17) is 4.74 Å². The molecule has 3 aliphatic rings. The van der Waals surface area contributed by atoms with Gasteiger partial charge in [-0.15, -0.1) is 0 Å². The first-order valence-corrected chi connectivity index (χ1v) is 7.08.